The van der Waals surface area contributed by atoms with Crippen molar-refractivity contribution >= 4 is 11.3 Å². The molecule has 3 N–H and O–H groups in total. The van der Waals surface area contributed by atoms with Crippen molar-refractivity contribution in [3.8, 4) is 0 Å². The van der Waals surface area contributed by atoms with Gasteiger partial charge in [-0.1, -0.05) is 30.3 Å². The van der Waals surface area contributed by atoms with Crippen LogP contribution in [0.5, 0.6) is 0 Å². The van der Waals surface area contributed by atoms with Crippen molar-refractivity contribution in [2.75, 3.05) is 6.54 Å². The summed E-state index contributed by atoms with van der Waals surface area (Å²) in [5, 5.41) is 5.74. The van der Waals surface area contributed by atoms with Gasteiger partial charge < -0.3 is 11.1 Å². The predicted molar refractivity (Wildman–Crippen MR) is 78.8 cm³/mol. The molecule has 0 aliphatic rings. The lowest BCUT2D eigenvalue weighted by molar-refractivity contribution is 0.477. The normalized spacial score (nSPS) is 14.4. The highest BCUT2D eigenvalue weighted by atomic mass is 32.1. The number of thiophene rings is 1. The van der Waals surface area contributed by atoms with E-state index in [-0.39, 0.29) is 6.04 Å². The van der Waals surface area contributed by atoms with E-state index < -0.39 is 0 Å². The van der Waals surface area contributed by atoms with Crippen molar-refractivity contribution in [2.24, 2.45) is 5.73 Å². The van der Waals surface area contributed by atoms with Crippen LogP contribution in [0.2, 0.25) is 0 Å². The molecule has 96 valence electrons. The van der Waals surface area contributed by atoms with Gasteiger partial charge in [-0.15, -0.1) is 11.3 Å². The van der Waals surface area contributed by atoms with Gasteiger partial charge in [-0.05, 0) is 36.4 Å². The van der Waals surface area contributed by atoms with E-state index in [9.17, 15) is 0 Å². The maximum atomic E-state index is 5.90. The quantitative estimate of drug-likeness (QED) is 0.864. The Bertz CT molecular complexity index is 478. The SMILES string of the molecule is Cc1ccsc1C(CN)NC(C)c1ccccc1. The molecule has 1 aromatic carbocycles. The average molecular weight is 260 g/mol. The van der Waals surface area contributed by atoms with Gasteiger partial charge in [0, 0.05) is 17.5 Å². The van der Waals surface area contributed by atoms with Gasteiger partial charge in [0.05, 0.1) is 6.04 Å². The van der Waals surface area contributed by atoms with Gasteiger partial charge in [0.25, 0.3) is 0 Å². The van der Waals surface area contributed by atoms with E-state index in [1.807, 2.05) is 6.07 Å². The van der Waals surface area contributed by atoms with Crippen molar-refractivity contribution < 1.29 is 0 Å². The van der Waals surface area contributed by atoms with Crippen molar-refractivity contribution in [3.05, 3.63) is 57.8 Å². The largest absolute Gasteiger partial charge is 0.329 e. The van der Waals surface area contributed by atoms with Crippen LogP contribution in [-0.2, 0) is 0 Å². The summed E-state index contributed by atoms with van der Waals surface area (Å²) >= 11 is 1.78. The summed E-state index contributed by atoms with van der Waals surface area (Å²) in [6.07, 6.45) is 0. The van der Waals surface area contributed by atoms with Crippen molar-refractivity contribution in [3.63, 3.8) is 0 Å². The Kier molecular flexibility index (Phi) is 4.53. The Morgan fingerprint density at radius 1 is 1.22 bits per heavy atom. The summed E-state index contributed by atoms with van der Waals surface area (Å²) in [7, 11) is 0. The maximum absolute atomic E-state index is 5.90. The summed E-state index contributed by atoms with van der Waals surface area (Å²) in [6.45, 7) is 4.95. The highest BCUT2D eigenvalue weighted by Gasteiger charge is 2.16. The molecule has 18 heavy (non-hydrogen) atoms. The highest BCUT2D eigenvalue weighted by Crippen LogP contribution is 2.25. The molecule has 0 amide bonds. The molecule has 0 aliphatic carbocycles. The Morgan fingerprint density at radius 2 is 1.94 bits per heavy atom. The van der Waals surface area contributed by atoms with Crippen molar-refractivity contribution in [1.82, 2.24) is 5.32 Å². The first-order valence-corrected chi connectivity index (χ1v) is 7.15. The van der Waals surface area contributed by atoms with Gasteiger partial charge in [0.2, 0.25) is 0 Å². The second kappa shape index (κ2) is 6.14. The fraction of sp³-hybridized carbons (Fsp3) is 0.333. The zero-order valence-corrected chi connectivity index (χ0v) is 11.7. The molecule has 0 radical (unpaired) electrons. The lowest BCUT2D eigenvalue weighted by atomic mass is 10.1. The molecule has 2 nitrogen and oxygen atoms in total. The van der Waals surface area contributed by atoms with Gasteiger partial charge >= 0.3 is 0 Å². The first-order valence-electron chi connectivity index (χ1n) is 6.27. The monoisotopic (exact) mass is 260 g/mol. The van der Waals surface area contributed by atoms with Crippen LogP contribution in [0.4, 0.5) is 0 Å². The number of nitrogens with two attached hydrogens (primary N) is 1. The molecule has 0 aliphatic heterocycles. The second-order valence-corrected chi connectivity index (χ2v) is 5.50. The molecular formula is C15H20N2S. The molecule has 1 heterocycles. The average Bonchev–Trinajstić information content (AvgIpc) is 2.83. The van der Waals surface area contributed by atoms with E-state index in [2.05, 4.69) is 54.9 Å². The first-order chi connectivity index (χ1) is 8.72. The third kappa shape index (κ3) is 2.99. The number of benzene rings is 1. The highest BCUT2D eigenvalue weighted by molar-refractivity contribution is 7.10. The van der Waals surface area contributed by atoms with Crippen LogP contribution in [0.15, 0.2) is 41.8 Å². The van der Waals surface area contributed by atoms with E-state index in [1.165, 1.54) is 16.0 Å². The first kappa shape index (κ1) is 13.3. The lowest BCUT2D eigenvalue weighted by Gasteiger charge is -2.22. The lowest BCUT2D eigenvalue weighted by Crippen LogP contribution is -2.30. The minimum absolute atomic E-state index is 0.236. The number of nitrogens with one attached hydrogen (secondary N) is 1. The van der Waals surface area contributed by atoms with E-state index in [4.69, 9.17) is 5.73 Å². The molecule has 2 atom stereocenters. The van der Waals surface area contributed by atoms with Crippen LogP contribution in [-0.4, -0.2) is 6.54 Å². The molecule has 0 spiro atoms. The molecule has 1 aromatic heterocycles. The van der Waals surface area contributed by atoms with Crippen LogP contribution in [0, 0.1) is 6.92 Å². The minimum atomic E-state index is 0.236. The van der Waals surface area contributed by atoms with E-state index in [0.717, 1.165) is 0 Å². The summed E-state index contributed by atoms with van der Waals surface area (Å²) in [5.74, 6) is 0. The Morgan fingerprint density at radius 3 is 2.50 bits per heavy atom. The smallest absolute Gasteiger partial charge is 0.0546 e. The predicted octanol–water partition coefficient (Wildman–Crippen LogP) is 3.41. The third-order valence-electron chi connectivity index (χ3n) is 3.20. The molecule has 0 saturated carbocycles. The molecule has 2 rings (SSSR count). The number of hydrogen-bond donors (Lipinski definition) is 2. The van der Waals surface area contributed by atoms with Crippen LogP contribution in [0.1, 0.15) is 35.0 Å². The number of aryl methyl sites for hydroxylation is 1. The van der Waals surface area contributed by atoms with Crippen LogP contribution in [0.25, 0.3) is 0 Å². The summed E-state index contributed by atoms with van der Waals surface area (Å²) in [5.41, 5.74) is 8.52. The van der Waals surface area contributed by atoms with Crippen LogP contribution < -0.4 is 11.1 Å². The van der Waals surface area contributed by atoms with Gasteiger partial charge in [0.1, 0.15) is 0 Å². The second-order valence-electron chi connectivity index (χ2n) is 4.56. The van der Waals surface area contributed by atoms with Gasteiger partial charge in [-0.2, -0.15) is 0 Å². The topological polar surface area (TPSA) is 38.0 Å². The molecule has 3 heteroatoms. The van der Waals surface area contributed by atoms with E-state index >= 15 is 0 Å². The van der Waals surface area contributed by atoms with Crippen molar-refractivity contribution in [2.45, 2.75) is 25.9 Å². The Labute approximate surface area is 113 Å². The zero-order chi connectivity index (χ0) is 13.0. The number of rotatable bonds is 5. The zero-order valence-electron chi connectivity index (χ0n) is 10.9. The minimum Gasteiger partial charge on any atom is -0.329 e. The van der Waals surface area contributed by atoms with E-state index in [0.29, 0.717) is 12.6 Å². The van der Waals surface area contributed by atoms with Gasteiger partial charge in [-0.25, -0.2) is 0 Å². The van der Waals surface area contributed by atoms with E-state index in [1.54, 1.807) is 11.3 Å². The van der Waals surface area contributed by atoms with Crippen LogP contribution in [0.3, 0.4) is 0 Å². The Balaban J connectivity index is 2.10. The van der Waals surface area contributed by atoms with Crippen molar-refractivity contribution in [1.29, 1.82) is 0 Å². The molecule has 2 aromatic rings. The molecule has 0 saturated heterocycles. The van der Waals surface area contributed by atoms with Gasteiger partial charge in [0.15, 0.2) is 0 Å². The van der Waals surface area contributed by atoms with Crippen LogP contribution >= 0.6 is 11.3 Å². The molecule has 0 bridgehead atoms. The number of hydrogen-bond acceptors (Lipinski definition) is 3. The Hall–Kier alpha value is -1.16. The maximum Gasteiger partial charge on any atom is 0.0546 e. The summed E-state index contributed by atoms with van der Waals surface area (Å²) in [6, 6.07) is 13.2. The van der Waals surface area contributed by atoms with Gasteiger partial charge in [-0.3, -0.25) is 0 Å². The molecule has 0 fully saturated rings. The summed E-state index contributed by atoms with van der Waals surface area (Å²) < 4.78 is 0. The summed E-state index contributed by atoms with van der Waals surface area (Å²) in [4.78, 5) is 1.35. The molecule has 2 unspecified atom stereocenters. The third-order valence-corrected chi connectivity index (χ3v) is 4.34. The fourth-order valence-electron chi connectivity index (χ4n) is 2.13. The standard InChI is InChI=1S/C15H20N2S/c1-11-8-9-18-15(11)14(10-16)17-12(2)13-6-4-3-5-7-13/h3-9,12,14,17H,10,16H2,1-2H3. The fourth-order valence-corrected chi connectivity index (χ4v) is 3.13. The molecular weight excluding hydrogens is 240 g/mol.